The van der Waals surface area contributed by atoms with E-state index < -0.39 is 5.82 Å². The van der Waals surface area contributed by atoms with Gasteiger partial charge in [0.1, 0.15) is 0 Å². The van der Waals surface area contributed by atoms with Gasteiger partial charge in [0, 0.05) is 11.6 Å². The molecule has 1 aliphatic rings. The fraction of sp³-hybridized carbons (Fsp3) is 0.381. The number of rotatable bonds is 7. The normalized spacial score (nSPS) is 14.8. The van der Waals surface area contributed by atoms with Gasteiger partial charge in [0.05, 0.1) is 19.1 Å². The summed E-state index contributed by atoms with van der Waals surface area (Å²) in [7, 11) is 1.39. The zero-order valence-electron chi connectivity index (χ0n) is 16.1. The van der Waals surface area contributed by atoms with Gasteiger partial charge in [-0.3, -0.25) is 9.36 Å². The lowest BCUT2D eigenvalue weighted by Crippen LogP contribution is -2.15. The predicted molar refractivity (Wildman–Crippen MR) is 108 cm³/mol. The Morgan fingerprint density at radius 3 is 2.79 bits per heavy atom. The molecule has 3 aromatic rings. The van der Waals surface area contributed by atoms with Gasteiger partial charge in [-0.25, -0.2) is 4.39 Å². The molecule has 2 heterocycles. The van der Waals surface area contributed by atoms with E-state index in [2.05, 4.69) is 14.8 Å². The number of methoxy groups -OCH3 is 1. The number of carbonyl (C=O) groups is 1. The topological polar surface area (TPSA) is 70.2 Å². The first kappa shape index (κ1) is 19.7. The molecule has 0 unspecified atom stereocenters. The molecule has 1 fully saturated rings. The van der Waals surface area contributed by atoms with Gasteiger partial charge in [0.2, 0.25) is 5.82 Å². The van der Waals surface area contributed by atoms with Gasteiger partial charge in [0.25, 0.3) is 0 Å². The fourth-order valence-electron chi connectivity index (χ4n) is 3.67. The minimum Gasteiger partial charge on any atom is -0.494 e. The van der Waals surface area contributed by atoms with Crippen LogP contribution in [0.1, 0.15) is 48.5 Å². The summed E-state index contributed by atoms with van der Waals surface area (Å²) in [4.78, 5) is 12.6. The minimum atomic E-state index is -0.547. The number of hydrogen-bond donors (Lipinski definition) is 0. The van der Waals surface area contributed by atoms with Gasteiger partial charge in [-0.15, -0.1) is 10.2 Å². The van der Waals surface area contributed by atoms with E-state index in [1.165, 1.54) is 37.4 Å². The number of furan rings is 1. The van der Waals surface area contributed by atoms with Crippen molar-refractivity contribution in [3.8, 4) is 17.3 Å². The SMILES string of the molecule is COc1ccc(C(=O)CSc2nnc(-c3ccco3)n2C2CCCCC2)cc1F. The summed E-state index contributed by atoms with van der Waals surface area (Å²) >= 11 is 1.32. The van der Waals surface area contributed by atoms with Crippen LogP contribution >= 0.6 is 11.8 Å². The first-order valence-corrected chi connectivity index (χ1v) is 10.6. The number of carbonyl (C=O) groups excluding carboxylic acids is 1. The highest BCUT2D eigenvalue weighted by Gasteiger charge is 2.25. The number of hydrogen-bond acceptors (Lipinski definition) is 6. The number of ether oxygens (including phenoxy) is 1. The lowest BCUT2D eigenvalue weighted by molar-refractivity contribution is 0.102. The van der Waals surface area contributed by atoms with E-state index in [1.54, 1.807) is 12.3 Å². The molecule has 1 saturated carbocycles. The second-order valence-electron chi connectivity index (χ2n) is 7.01. The van der Waals surface area contributed by atoms with Crippen LogP contribution in [0, 0.1) is 5.82 Å². The van der Waals surface area contributed by atoms with Crippen molar-refractivity contribution < 1.29 is 18.3 Å². The number of ketones is 1. The molecule has 0 atom stereocenters. The predicted octanol–water partition coefficient (Wildman–Crippen LogP) is 5.17. The van der Waals surface area contributed by atoms with Crippen LogP contribution in [0.25, 0.3) is 11.6 Å². The zero-order chi connectivity index (χ0) is 20.2. The number of halogens is 1. The van der Waals surface area contributed by atoms with E-state index in [1.807, 2.05) is 12.1 Å². The van der Waals surface area contributed by atoms with Crippen molar-refractivity contribution in [2.75, 3.05) is 12.9 Å². The highest BCUT2D eigenvalue weighted by molar-refractivity contribution is 7.99. The highest BCUT2D eigenvalue weighted by atomic mass is 32.2. The quantitative estimate of drug-likeness (QED) is 0.392. The van der Waals surface area contributed by atoms with Gasteiger partial charge in [-0.1, -0.05) is 31.0 Å². The summed E-state index contributed by atoms with van der Waals surface area (Å²) < 4.78 is 26.5. The van der Waals surface area contributed by atoms with Gasteiger partial charge in [0.15, 0.2) is 28.3 Å². The first-order chi connectivity index (χ1) is 14.2. The monoisotopic (exact) mass is 415 g/mol. The van der Waals surface area contributed by atoms with Crippen molar-refractivity contribution in [2.45, 2.75) is 43.3 Å². The van der Waals surface area contributed by atoms with Gasteiger partial charge < -0.3 is 9.15 Å². The van der Waals surface area contributed by atoms with Crippen LogP contribution < -0.4 is 4.74 Å². The second-order valence-corrected chi connectivity index (χ2v) is 7.95. The molecule has 1 aliphatic carbocycles. The van der Waals surface area contributed by atoms with Crippen LogP contribution in [0.3, 0.4) is 0 Å². The number of nitrogens with zero attached hydrogens (tertiary/aromatic N) is 3. The molecule has 1 aromatic carbocycles. The van der Waals surface area contributed by atoms with Crippen molar-refractivity contribution in [3.63, 3.8) is 0 Å². The Balaban J connectivity index is 1.55. The Bertz CT molecular complexity index is 981. The standard InChI is InChI=1S/C21H22FN3O3S/c1-27-18-10-9-14(12-16(18)22)17(26)13-29-21-24-23-20(19-8-5-11-28-19)25(21)15-6-3-2-4-7-15/h5,8-12,15H,2-4,6-7,13H2,1H3. The van der Waals surface area contributed by atoms with Gasteiger partial charge in [-0.2, -0.15) is 0 Å². The third kappa shape index (κ3) is 4.22. The summed E-state index contributed by atoms with van der Waals surface area (Å²) in [6.45, 7) is 0. The van der Waals surface area contributed by atoms with Crippen LogP contribution in [0.4, 0.5) is 4.39 Å². The molecule has 8 heteroatoms. The molecule has 0 aliphatic heterocycles. The molecule has 2 aromatic heterocycles. The van der Waals surface area contributed by atoms with E-state index >= 15 is 0 Å². The number of Topliss-reactive ketones (excluding diaryl/α,β-unsaturated/α-hetero) is 1. The molecule has 6 nitrogen and oxygen atoms in total. The number of thioether (sulfide) groups is 1. The summed E-state index contributed by atoms with van der Waals surface area (Å²) in [5.41, 5.74) is 0.311. The van der Waals surface area contributed by atoms with Crippen LogP contribution in [-0.4, -0.2) is 33.4 Å². The Hall–Kier alpha value is -2.61. The van der Waals surface area contributed by atoms with E-state index in [0.29, 0.717) is 22.3 Å². The van der Waals surface area contributed by atoms with E-state index in [9.17, 15) is 9.18 Å². The van der Waals surface area contributed by atoms with E-state index in [4.69, 9.17) is 9.15 Å². The van der Waals surface area contributed by atoms with E-state index in [0.717, 1.165) is 25.7 Å². The molecular weight excluding hydrogens is 393 g/mol. The summed E-state index contributed by atoms with van der Waals surface area (Å²) in [5.74, 6) is 0.901. The Labute approximate surface area is 172 Å². The lowest BCUT2D eigenvalue weighted by Gasteiger charge is -2.25. The highest BCUT2D eigenvalue weighted by Crippen LogP contribution is 2.35. The molecule has 152 valence electrons. The van der Waals surface area contributed by atoms with Crippen molar-refractivity contribution >= 4 is 17.5 Å². The third-order valence-electron chi connectivity index (χ3n) is 5.15. The lowest BCUT2D eigenvalue weighted by atomic mass is 9.95. The Kier molecular flexibility index (Phi) is 5.99. The van der Waals surface area contributed by atoms with Crippen molar-refractivity contribution in [1.29, 1.82) is 0 Å². The maximum Gasteiger partial charge on any atom is 0.200 e. The van der Waals surface area contributed by atoms with Crippen LogP contribution in [-0.2, 0) is 0 Å². The largest absolute Gasteiger partial charge is 0.494 e. The number of benzene rings is 1. The molecule has 0 amide bonds. The van der Waals surface area contributed by atoms with Gasteiger partial charge >= 0.3 is 0 Å². The Morgan fingerprint density at radius 1 is 1.28 bits per heavy atom. The molecule has 0 N–H and O–H groups in total. The molecule has 4 rings (SSSR count). The second kappa shape index (κ2) is 8.82. The first-order valence-electron chi connectivity index (χ1n) is 9.65. The third-order valence-corrected chi connectivity index (χ3v) is 6.10. The van der Waals surface area contributed by atoms with Crippen LogP contribution in [0.15, 0.2) is 46.2 Å². The molecule has 29 heavy (non-hydrogen) atoms. The summed E-state index contributed by atoms with van der Waals surface area (Å²) in [6, 6.07) is 8.22. The number of aromatic nitrogens is 3. The molecule has 0 saturated heterocycles. The van der Waals surface area contributed by atoms with Crippen LogP contribution in [0.5, 0.6) is 5.75 Å². The van der Waals surface area contributed by atoms with Crippen molar-refractivity contribution in [3.05, 3.63) is 48.0 Å². The average Bonchev–Trinajstić information content (AvgIpc) is 3.42. The fourth-order valence-corrected chi connectivity index (χ4v) is 4.57. The summed E-state index contributed by atoms with van der Waals surface area (Å²) in [5, 5.41) is 9.35. The molecule has 0 bridgehead atoms. The minimum absolute atomic E-state index is 0.120. The van der Waals surface area contributed by atoms with E-state index in [-0.39, 0.29) is 23.3 Å². The Morgan fingerprint density at radius 2 is 2.10 bits per heavy atom. The maximum atomic E-state index is 13.9. The van der Waals surface area contributed by atoms with Crippen molar-refractivity contribution in [2.24, 2.45) is 0 Å². The van der Waals surface area contributed by atoms with Crippen molar-refractivity contribution in [1.82, 2.24) is 14.8 Å². The average molecular weight is 415 g/mol. The zero-order valence-corrected chi connectivity index (χ0v) is 17.0. The molecule has 0 spiro atoms. The maximum absolute atomic E-state index is 13.9. The molecule has 0 radical (unpaired) electrons. The van der Waals surface area contributed by atoms with Crippen LogP contribution in [0.2, 0.25) is 0 Å². The smallest absolute Gasteiger partial charge is 0.200 e. The molecular formula is C21H22FN3O3S. The van der Waals surface area contributed by atoms with Gasteiger partial charge in [-0.05, 0) is 43.2 Å². The summed E-state index contributed by atoms with van der Waals surface area (Å²) in [6.07, 6.45) is 7.28.